The van der Waals surface area contributed by atoms with Gasteiger partial charge in [0, 0.05) is 11.6 Å². The quantitative estimate of drug-likeness (QED) is 0.863. The number of halogens is 2. The van der Waals surface area contributed by atoms with E-state index in [9.17, 15) is 17.6 Å². The van der Waals surface area contributed by atoms with Crippen LogP contribution in [0.2, 0.25) is 5.02 Å². The Morgan fingerprint density at radius 3 is 2.62 bits per heavy atom. The summed E-state index contributed by atoms with van der Waals surface area (Å²) >= 11 is 5.72. The highest BCUT2D eigenvalue weighted by atomic mass is 35.5. The molecule has 0 aliphatic heterocycles. The van der Waals surface area contributed by atoms with Crippen LogP contribution in [0.4, 0.5) is 4.39 Å². The summed E-state index contributed by atoms with van der Waals surface area (Å²) in [4.78, 5) is 11.2. The Labute approximate surface area is 127 Å². The number of hydrogen-bond donors (Lipinski definition) is 2. The van der Waals surface area contributed by atoms with Gasteiger partial charge < -0.3 is 5.32 Å². The van der Waals surface area contributed by atoms with Gasteiger partial charge >= 0.3 is 0 Å². The number of amides is 1. The molecule has 21 heavy (non-hydrogen) atoms. The Hall–Kier alpha value is -1.18. The lowest BCUT2D eigenvalue weighted by Crippen LogP contribution is -2.28. The van der Waals surface area contributed by atoms with E-state index in [0.29, 0.717) is 12.5 Å². The van der Waals surface area contributed by atoms with Crippen molar-refractivity contribution in [2.75, 3.05) is 6.54 Å². The molecule has 0 atom stereocenters. The van der Waals surface area contributed by atoms with Crippen molar-refractivity contribution in [1.82, 2.24) is 5.32 Å². The molecule has 1 aliphatic rings. The molecule has 0 saturated heterocycles. The van der Waals surface area contributed by atoms with Crippen molar-refractivity contribution >= 4 is 27.5 Å². The van der Waals surface area contributed by atoms with Gasteiger partial charge in [-0.25, -0.2) is 17.9 Å². The van der Waals surface area contributed by atoms with Crippen LogP contribution in [0.5, 0.6) is 0 Å². The molecule has 5 nitrogen and oxygen atoms in total. The van der Waals surface area contributed by atoms with Gasteiger partial charge in [-0.05, 0) is 24.5 Å². The van der Waals surface area contributed by atoms with Crippen molar-refractivity contribution in [3.63, 3.8) is 0 Å². The van der Waals surface area contributed by atoms with Gasteiger partial charge in [0.1, 0.15) is 4.90 Å². The van der Waals surface area contributed by atoms with Crippen LogP contribution in [0.1, 0.15) is 36.0 Å². The molecule has 1 amide bonds. The second-order valence-corrected chi connectivity index (χ2v) is 7.12. The van der Waals surface area contributed by atoms with Crippen LogP contribution in [-0.4, -0.2) is 20.9 Å². The first-order valence-corrected chi connectivity index (χ1v) is 8.51. The van der Waals surface area contributed by atoms with Gasteiger partial charge in [-0.2, -0.15) is 0 Å². The number of carbonyl (C=O) groups is 1. The predicted molar refractivity (Wildman–Crippen MR) is 77.1 cm³/mol. The average molecular weight is 335 g/mol. The molecule has 1 aliphatic carbocycles. The number of primary sulfonamides is 1. The van der Waals surface area contributed by atoms with Crippen LogP contribution >= 0.6 is 11.6 Å². The number of sulfonamides is 1. The maximum absolute atomic E-state index is 14.1. The maximum Gasteiger partial charge on any atom is 0.254 e. The van der Waals surface area contributed by atoms with Crippen molar-refractivity contribution in [1.29, 1.82) is 0 Å². The van der Waals surface area contributed by atoms with E-state index in [1.165, 1.54) is 6.42 Å². The topological polar surface area (TPSA) is 89.3 Å². The summed E-state index contributed by atoms with van der Waals surface area (Å²) in [5, 5.41) is 7.41. The number of hydrogen-bond acceptors (Lipinski definition) is 3. The molecule has 0 spiro atoms. The molecule has 0 unspecified atom stereocenters. The minimum Gasteiger partial charge on any atom is -0.352 e. The zero-order chi connectivity index (χ0) is 15.6. The third-order valence-corrected chi connectivity index (χ3v) is 4.75. The van der Waals surface area contributed by atoms with Crippen LogP contribution in [0, 0.1) is 11.7 Å². The lowest BCUT2D eigenvalue weighted by atomic mass is 9.83. The first kappa shape index (κ1) is 16.2. The maximum atomic E-state index is 14.1. The Bertz CT molecular complexity index is 660. The molecule has 0 radical (unpaired) electrons. The number of rotatable bonds is 5. The minimum absolute atomic E-state index is 0.0652. The summed E-state index contributed by atoms with van der Waals surface area (Å²) in [5.41, 5.74) is -0.417. The molecule has 0 aromatic heterocycles. The van der Waals surface area contributed by atoms with Crippen molar-refractivity contribution in [3.8, 4) is 0 Å². The third-order valence-electron chi connectivity index (χ3n) is 3.62. The molecular formula is C13H16ClFN2O3S. The summed E-state index contributed by atoms with van der Waals surface area (Å²) in [5.74, 6) is -1.27. The second kappa shape index (κ2) is 6.29. The summed E-state index contributed by atoms with van der Waals surface area (Å²) in [7, 11) is -4.28. The zero-order valence-electron chi connectivity index (χ0n) is 11.2. The largest absolute Gasteiger partial charge is 0.352 e. The summed E-state index contributed by atoms with van der Waals surface area (Å²) in [6.07, 6.45) is 4.34. The lowest BCUT2D eigenvalue weighted by Gasteiger charge is -2.25. The Morgan fingerprint density at radius 2 is 2.10 bits per heavy atom. The van der Waals surface area contributed by atoms with E-state index in [2.05, 4.69) is 5.32 Å². The third kappa shape index (κ3) is 3.93. The molecule has 1 saturated carbocycles. The lowest BCUT2D eigenvalue weighted by molar-refractivity contribution is 0.0944. The van der Waals surface area contributed by atoms with E-state index >= 15 is 0 Å². The monoisotopic (exact) mass is 334 g/mol. The molecular weight excluding hydrogens is 319 g/mol. The van der Waals surface area contributed by atoms with E-state index in [-0.39, 0.29) is 5.02 Å². The van der Waals surface area contributed by atoms with Crippen LogP contribution in [0.3, 0.4) is 0 Å². The normalized spacial score (nSPS) is 15.6. The van der Waals surface area contributed by atoms with Gasteiger partial charge in [0.2, 0.25) is 10.0 Å². The fraction of sp³-hybridized carbons (Fsp3) is 0.462. The molecule has 0 bridgehead atoms. The van der Waals surface area contributed by atoms with E-state index in [1.807, 2.05) is 0 Å². The summed E-state index contributed by atoms with van der Waals surface area (Å²) in [6.45, 7) is 0.417. The molecule has 1 fully saturated rings. The molecule has 1 aromatic rings. The Kier molecular flexibility index (Phi) is 4.85. The van der Waals surface area contributed by atoms with Gasteiger partial charge in [0.15, 0.2) is 5.82 Å². The predicted octanol–water partition coefficient (Wildman–Crippen LogP) is 2.05. The van der Waals surface area contributed by atoms with E-state index in [1.54, 1.807) is 0 Å². The van der Waals surface area contributed by atoms with Gasteiger partial charge in [-0.3, -0.25) is 4.79 Å². The van der Waals surface area contributed by atoms with E-state index in [4.69, 9.17) is 16.7 Å². The molecule has 0 heterocycles. The zero-order valence-corrected chi connectivity index (χ0v) is 12.8. The molecule has 116 valence electrons. The molecule has 3 N–H and O–H groups in total. The highest BCUT2D eigenvalue weighted by Gasteiger charge is 2.23. The minimum atomic E-state index is -4.28. The smallest absolute Gasteiger partial charge is 0.254 e. The van der Waals surface area contributed by atoms with Crippen LogP contribution in [-0.2, 0) is 10.0 Å². The standard InChI is InChI=1S/C13H16ClFN2O3S/c14-9-6-10(12(15)11(7-9)21(16,19)20)13(18)17-5-4-8-2-1-3-8/h6-8H,1-5H2,(H,17,18)(H2,16,19,20). The van der Waals surface area contributed by atoms with Crippen molar-refractivity contribution in [3.05, 3.63) is 28.5 Å². The van der Waals surface area contributed by atoms with Crippen molar-refractivity contribution in [2.45, 2.75) is 30.6 Å². The summed E-state index contributed by atoms with van der Waals surface area (Å²) in [6, 6.07) is 1.97. The number of nitrogens with two attached hydrogens (primary N) is 1. The van der Waals surface area contributed by atoms with Gasteiger partial charge in [0.05, 0.1) is 5.56 Å². The fourth-order valence-electron chi connectivity index (χ4n) is 2.20. The fourth-order valence-corrected chi connectivity index (χ4v) is 3.14. The van der Waals surface area contributed by atoms with Gasteiger partial charge in [-0.15, -0.1) is 0 Å². The average Bonchev–Trinajstić information content (AvgIpc) is 2.33. The Morgan fingerprint density at radius 1 is 1.43 bits per heavy atom. The number of benzene rings is 1. The van der Waals surface area contributed by atoms with Gasteiger partial charge in [0.25, 0.3) is 5.91 Å². The van der Waals surface area contributed by atoms with Crippen molar-refractivity contribution < 1.29 is 17.6 Å². The molecule has 2 rings (SSSR count). The molecule has 8 heteroatoms. The highest BCUT2D eigenvalue weighted by Crippen LogP contribution is 2.29. The van der Waals surface area contributed by atoms with E-state index < -0.39 is 32.2 Å². The number of carbonyl (C=O) groups excluding carboxylic acids is 1. The van der Waals surface area contributed by atoms with Gasteiger partial charge in [-0.1, -0.05) is 30.9 Å². The summed E-state index contributed by atoms with van der Waals surface area (Å²) < 4.78 is 36.6. The SMILES string of the molecule is NS(=O)(=O)c1cc(Cl)cc(C(=O)NCCC2CCC2)c1F. The Balaban J connectivity index is 2.14. The second-order valence-electron chi connectivity index (χ2n) is 5.15. The van der Waals surface area contributed by atoms with E-state index in [0.717, 1.165) is 31.4 Å². The van der Waals surface area contributed by atoms with Crippen molar-refractivity contribution in [2.24, 2.45) is 11.1 Å². The van der Waals surface area contributed by atoms with Crippen LogP contribution < -0.4 is 10.5 Å². The van der Waals surface area contributed by atoms with Crippen LogP contribution in [0.25, 0.3) is 0 Å². The molecule has 1 aromatic carbocycles. The number of nitrogens with one attached hydrogen (secondary N) is 1. The van der Waals surface area contributed by atoms with Crippen LogP contribution in [0.15, 0.2) is 17.0 Å². The first-order valence-electron chi connectivity index (χ1n) is 6.59. The highest BCUT2D eigenvalue weighted by molar-refractivity contribution is 7.89. The first-order chi connectivity index (χ1) is 9.79.